The Morgan fingerprint density at radius 1 is 1.00 bits per heavy atom. The van der Waals surface area contributed by atoms with E-state index in [1.54, 1.807) is 0 Å². The topological polar surface area (TPSA) is 56.8 Å². The Balaban J connectivity index is 1.22. The predicted molar refractivity (Wildman–Crippen MR) is 154 cm³/mol. The van der Waals surface area contributed by atoms with Crippen LogP contribution in [0.3, 0.4) is 0 Å². The van der Waals surface area contributed by atoms with Crippen molar-refractivity contribution in [3.8, 4) is 0 Å². The van der Waals surface area contributed by atoms with Gasteiger partial charge in [-0.1, -0.05) is 66.7 Å². The summed E-state index contributed by atoms with van der Waals surface area (Å²) in [7, 11) is 0. The van der Waals surface area contributed by atoms with Gasteiger partial charge in [-0.2, -0.15) is 0 Å². The maximum Gasteiger partial charge on any atom is 0.318 e. The van der Waals surface area contributed by atoms with Gasteiger partial charge in [0, 0.05) is 39.3 Å². The molecule has 1 aliphatic heterocycles. The third-order valence-electron chi connectivity index (χ3n) is 7.78. The standard InChI is InChI=1S/C32H42N4O2/c1-25(30-9-4-7-29-6-2-3-8-31(29)30)34-32(37)36(17-5-16-35-18-20-38-21-19-35)24-28-14-12-27(13-15-28)23-33-22-26-10-11-26/h2-4,6-9,12-15,25-26,33H,5,10-11,16-24H2,1H3,(H,34,37)/t25-/m0/s1. The van der Waals surface area contributed by atoms with E-state index in [2.05, 4.69) is 89.2 Å². The second-order valence-electron chi connectivity index (χ2n) is 10.9. The molecular weight excluding hydrogens is 472 g/mol. The third-order valence-corrected chi connectivity index (χ3v) is 7.78. The van der Waals surface area contributed by atoms with Crippen LogP contribution in [0.25, 0.3) is 10.8 Å². The fourth-order valence-corrected chi connectivity index (χ4v) is 5.27. The molecule has 0 bridgehead atoms. The van der Waals surface area contributed by atoms with Crippen LogP contribution in [0.5, 0.6) is 0 Å². The summed E-state index contributed by atoms with van der Waals surface area (Å²) >= 11 is 0. The van der Waals surface area contributed by atoms with Crippen molar-refractivity contribution in [2.45, 2.75) is 45.3 Å². The molecule has 2 aliphatic rings. The van der Waals surface area contributed by atoms with Gasteiger partial charge in [0.05, 0.1) is 19.3 Å². The number of hydrogen-bond donors (Lipinski definition) is 2. The van der Waals surface area contributed by atoms with Gasteiger partial charge in [0.15, 0.2) is 0 Å². The zero-order chi connectivity index (χ0) is 26.2. The number of carbonyl (C=O) groups excluding carboxylic acids is 1. The number of amides is 2. The Hall–Kier alpha value is -2.93. The van der Waals surface area contributed by atoms with Gasteiger partial charge in [-0.05, 0) is 66.1 Å². The zero-order valence-electron chi connectivity index (χ0n) is 22.7. The highest BCUT2D eigenvalue weighted by atomic mass is 16.5. The average molecular weight is 515 g/mol. The maximum absolute atomic E-state index is 13.6. The molecule has 6 nitrogen and oxygen atoms in total. The van der Waals surface area contributed by atoms with Crippen molar-refractivity contribution in [3.05, 3.63) is 83.4 Å². The Kier molecular flexibility index (Phi) is 9.28. The monoisotopic (exact) mass is 514 g/mol. The number of hydrogen-bond acceptors (Lipinski definition) is 4. The van der Waals surface area contributed by atoms with Crippen LogP contribution in [-0.4, -0.2) is 61.8 Å². The number of urea groups is 1. The molecule has 1 heterocycles. The molecule has 2 N–H and O–H groups in total. The first-order chi connectivity index (χ1) is 18.7. The molecule has 1 saturated heterocycles. The molecule has 3 aromatic rings. The highest BCUT2D eigenvalue weighted by Crippen LogP contribution is 2.27. The van der Waals surface area contributed by atoms with Crippen LogP contribution in [0.4, 0.5) is 4.79 Å². The molecule has 2 amide bonds. The molecule has 2 fully saturated rings. The molecule has 3 aromatic carbocycles. The summed E-state index contributed by atoms with van der Waals surface area (Å²) in [5.74, 6) is 0.884. The van der Waals surface area contributed by atoms with Crippen LogP contribution >= 0.6 is 0 Å². The lowest BCUT2D eigenvalue weighted by molar-refractivity contribution is 0.0364. The lowest BCUT2D eigenvalue weighted by atomic mass is 10.00. The van der Waals surface area contributed by atoms with E-state index in [0.717, 1.165) is 75.9 Å². The van der Waals surface area contributed by atoms with Crippen molar-refractivity contribution in [2.24, 2.45) is 5.92 Å². The van der Waals surface area contributed by atoms with E-state index in [1.165, 1.54) is 29.2 Å². The van der Waals surface area contributed by atoms with Crippen LogP contribution in [0.1, 0.15) is 48.9 Å². The Bertz CT molecular complexity index is 1170. The largest absolute Gasteiger partial charge is 0.379 e. The van der Waals surface area contributed by atoms with Gasteiger partial charge >= 0.3 is 6.03 Å². The van der Waals surface area contributed by atoms with E-state index in [1.807, 2.05) is 4.90 Å². The highest BCUT2D eigenvalue weighted by molar-refractivity contribution is 5.86. The lowest BCUT2D eigenvalue weighted by Crippen LogP contribution is -2.43. The van der Waals surface area contributed by atoms with Crippen molar-refractivity contribution >= 4 is 16.8 Å². The van der Waals surface area contributed by atoms with Gasteiger partial charge in [0.25, 0.3) is 0 Å². The van der Waals surface area contributed by atoms with Crippen molar-refractivity contribution < 1.29 is 9.53 Å². The van der Waals surface area contributed by atoms with Crippen molar-refractivity contribution in [2.75, 3.05) is 45.9 Å². The van der Waals surface area contributed by atoms with Gasteiger partial charge in [-0.3, -0.25) is 4.90 Å². The minimum atomic E-state index is -0.0877. The summed E-state index contributed by atoms with van der Waals surface area (Å²) in [6.45, 7) is 9.96. The molecule has 38 heavy (non-hydrogen) atoms. The second kappa shape index (κ2) is 13.2. The van der Waals surface area contributed by atoms with Crippen LogP contribution in [0.15, 0.2) is 66.7 Å². The quantitative estimate of drug-likeness (QED) is 0.343. The summed E-state index contributed by atoms with van der Waals surface area (Å²) in [5, 5.41) is 9.24. The summed E-state index contributed by atoms with van der Waals surface area (Å²) in [6, 6.07) is 23.3. The number of morpholine rings is 1. The molecule has 1 atom stereocenters. The van der Waals surface area contributed by atoms with E-state index in [-0.39, 0.29) is 12.1 Å². The number of nitrogens with zero attached hydrogens (tertiary/aromatic N) is 2. The molecule has 1 aliphatic carbocycles. The number of carbonyl (C=O) groups is 1. The Morgan fingerprint density at radius 2 is 1.74 bits per heavy atom. The van der Waals surface area contributed by atoms with E-state index < -0.39 is 0 Å². The van der Waals surface area contributed by atoms with Gasteiger partial charge in [-0.15, -0.1) is 0 Å². The van der Waals surface area contributed by atoms with Gasteiger partial charge in [-0.25, -0.2) is 4.79 Å². The van der Waals surface area contributed by atoms with E-state index in [9.17, 15) is 4.79 Å². The van der Waals surface area contributed by atoms with Crippen LogP contribution in [0.2, 0.25) is 0 Å². The third kappa shape index (κ3) is 7.56. The van der Waals surface area contributed by atoms with Crippen molar-refractivity contribution in [1.82, 2.24) is 20.4 Å². The Morgan fingerprint density at radius 3 is 2.53 bits per heavy atom. The first-order valence-corrected chi connectivity index (χ1v) is 14.3. The minimum absolute atomic E-state index is 0.0115. The van der Waals surface area contributed by atoms with Gasteiger partial charge in [0.1, 0.15) is 0 Å². The van der Waals surface area contributed by atoms with E-state index >= 15 is 0 Å². The number of fused-ring (bicyclic) bond motifs is 1. The van der Waals surface area contributed by atoms with Crippen LogP contribution in [0, 0.1) is 5.92 Å². The fourth-order valence-electron chi connectivity index (χ4n) is 5.27. The number of benzene rings is 3. The normalized spacial score (nSPS) is 16.9. The molecule has 0 aromatic heterocycles. The van der Waals surface area contributed by atoms with Gasteiger partial charge in [0.2, 0.25) is 0 Å². The lowest BCUT2D eigenvalue weighted by Gasteiger charge is -2.29. The molecular formula is C32H42N4O2. The number of nitrogens with one attached hydrogen (secondary N) is 2. The number of ether oxygens (including phenoxy) is 1. The molecule has 0 radical (unpaired) electrons. The van der Waals surface area contributed by atoms with Gasteiger partial charge < -0.3 is 20.3 Å². The van der Waals surface area contributed by atoms with E-state index in [0.29, 0.717) is 6.54 Å². The first kappa shape index (κ1) is 26.7. The average Bonchev–Trinajstić information content (AvgIpc) is 3.78. The Labute approximate surface area is 227 Å². The van der Waals surface area contributed by atoms with Crippen LogP contribution in [-0.2, 0) is 17.8 Å². The highest BCUT2D eigenvalue weighted by Gasteiger charge is 2.21. The van der Waals surface area contributed by atoms with Crippen molar-refractivity contribution in [1.29, 1.82) is 0 Å². The summed E-state index contributed by atoms with van der Waals surface area (Å²) < 4.78 is 5.49. The second-order valence-corrected chi connectivity index (χ2v) is 10.9. The molecule has 1 saturated carbocycles. The smallest absolute Gasteiger partial charge is 0.318 e. The molecule has 0 unspecified atom stereocenters. The van der Waals surface area contributed by atoms with Crippen molar-refractivity contribution in [3.63, 3.8) is 0 Å². The van der Waals surface area contributed by atoms with Crippen LogP contribution < -0.4 is 10.6 Å². The first-order valence-electron chi connectivity index (χ1n) is 14.3. The molecule has 202 valence electrons. The summed E-state index contributed by atoms with van der Waals surface area (Å²) in [6.07, 6.45) is 3.68. The number of rotatable bonds is 12. The van der Waals surface area contributed by atoms with E-state index in [4.69, 9.17) is 4.74 Å². The zero-order valence-corrected chi connectivity index (χ0v) is 22.7. The molecule has 0 spiro atoms. The SMILES string of the molecule is C[C@H](NC(=O)N(CCCN1CCOCC1)Cc1ccc(CNCC2CC2)cc1)c1cccc2ccccc12. The predicted octanol–water partition coefficient (Wildman–Crippen LogP) is 5.33. The molecule has 5 rings (SSSR count). The molecule has 6 heteroatoms. The maximum atomic E-state index is 13.6. The summed E-state index contributed by atoms with van der Waals surface area (Å²) in [4.78, 5) is 18.0. The minimum Gasteiger partial charge on any atom is -0.379 e. The summed E-state index contributed by atoms with van der Waals surface area (Å²) in [5.41, 5.74) is 3.60. The fraction of sp³-hybridized carbons (Fsp3) is 0.469.